The summed E-state index contributed by atoms with van der Waals surface area (Å²) in [6.45, 7) is 2.64. The summed E-state index contributed by atoms with van der Waals surface area (Å²) in [7, 11) is -0.641. The van der Waals surface area contributed by atoms with Crippen molar-refractivity contribution in [2.24, 2.45) is 0 Å². The smallest absolute Gasteiger partial charge is 0.407 e. The normalized spacial score (nSPS) is 12.8. The molecule has 0 aromatic heterocycles. The first kappa shape index (κ1) is 21.6. The molecule has 28 heavy (non-hydrogen) atoms. The average molecular weight is 401 g/mol. The Morgan fingerprint density at radius 3 is 2.29 bits per heavy atom. The Morgan fingerprint density at radius 2 is 1.64 bits per heavy atom. The number of carbonyl (C=O) groups is 2. The molecule has 0 heterocycles. The van der Waals surface area contributed by atoms with E-state index in [9.17, 15) is 14.2 Å². The van der Waals surface area contributed by atoms with Crippen LogP contribution in [0.2, 0.25) is 0 Å². The first-order valence-electron chi connectivity index (χ1n) is 9.06. The Kier molecular flexibility index (Phi) is 8.63. The summed E-state index contributed by atoms with van der Waals surface area (Å²) < 4.78 is 20.1. The second-order valence-corrected chi connectivity index (χ2v) is 7.03. The van der Waals surface area contributed by atoms with Crippen LogP contribution in [0.25, 0.3) is 0 Å². The molecule has 0 saturated carbocycles. The quantitative estimate of drug-likeness (QED) is 0.579. The number of hydrogen-bond acceptors (Lipinski definition) is 5. The van der Waals surface area contributed by atoms with Gasteiger partial charge in [-0.15, -0.1) is 0 Å². The van der Waals surface area contributed by atoms with Crippen molar-refractivity contribution in [3.8, 4) is 0 Å². The van der Waals surface area contributed by atoms with Crippen molar-refractivity contribution >= 4 is 20.7 Å². The fourth-order valence-corrected chi connectivity index (χ4v) is 3.11. The zero-order chi connectivity index (χ0) is 20.2. The number of ether oxygens (including phenoxy) is 1. The highest BCUT2D eigenvalue weighted by atomic mass is 31.1. The molecule has 0 aliphatic heterocycles. The predicted octanol–water partition coefficient (Wildman–Crippen LogP) is 4.79. The van der Waals surface area contributed by atoms with E-state index in [1.807, 2.05) is 67.6 Å². The van der Waals surface area contributed by atoms with E-state index in [1.165, 1.54) is 0 Å². The maximum absolute atomic E-state index is 11.9. The minimum absolute atomic E-state index is 0.138. The Labute approximate surface area is 166 Å². The molecule has 0 fully saturated rings. The molecule has 0 radical (unpaired) electrons. The summed E-state index contributed by atoms with van der Waals surface area (Å²) in [4.78, 5) is 23.6. The molecule has 2 aromatic carbocycles. The molecule has 0 aliphatic rings. The number of carbonyl (C=O) groups excluding carboxylic acids is 2. The number of amides is 1. The Balaban J connectivity index is 1.88. The van der Waals surface area contributed by atoms with Gasteiger partial charge in [-0.25, -0.2) is 9.36 Å². The highest BCUT2D eigenvalue weighted by Gasteiger charge is 2.27. The molecular weight excluding hydrogens is 377 g/mol. The largest absolute Gasteiger partial charge is 0.445 e. The first-order valence-corrected chi connectivity index (χ1v) is 9.79. The fourth-order valence-electron chi connectivity index (χ4n) is 2.93. The molecule has 148 valence electrons. The van der Waals surface area contributed by atoms with Crippen molar-refractivity contribution in [3.63, 3.8) is 0 Å². The van der Waals surface area contributed by atoms with Crippen LogP contribution in [0.15, 0.2) is 60.7 Å². The molecule has 0 saturated heterocycles. The molecule has 1 unspecified atom stereocenters. The molecule has 7 heteroatoms. The third kappa shape index (κ3) is 7.12. The van der Waals surface area contributed by atoms with Crippen LogP contribution in [0, 0.1) is 0 Å². The van der Waals surface area contributed by atoms with E-state index in [0.29, 0.717) is 19.4 Å². The van der Waals surface area contributed by atoms with Gasteiger partial charge in [0.1, 0.15) is 6.61 Å². The third-order valence-electron chi connectivity index (χ3n) is 4.65. The molecule has 2 aromatic rings. The number of rotatable bonds is 10. The summed E-state index contributed by atoms with van der Waals surface area (Å²) in [5.74, 6) is -0.519. The van der Waals surface area contributed by atoms with E-state index in [4.69, 9.17) is 4.74 Å². The number of benzene rings is 2. The lowest BCUT2D eigenvalue weighted by Gasteiger charge is -2.30. The van der Waals surface area contributed by atoms with Gasteiger partial charge < -0.3 is 14.6 Å². The second-order valence-electron chi connectivity index (χ2n) is 6.70. The zero-order valence-electron chi connectivity index (χ0n) is 15.8. The van der Waals surface area contributed by atoms with Gasteiger partial charge in [0.05, 0.1) is 0 Å². The fraction of sp³-hybridized carbons (Fsp3) is 0.333. The van der Waals surface area contributed by atoms with Gasteiger partial charge in [0.25, 0.3) is 0 Å². The average Bonchev–Trinajstić information content (AvgIpc) is 2.72. The number of nitrogens with one attached hydrogen (secondary N) is 1. The van der Waals surface area contributed by atoms with Gasteiger partial charge in [-0.1, -0.05) is 67.6 Å². The van der Waals surface area contributed by atoms with E-state index in [0.717, 1.165) is 11.1 Å². The zero-order valence-corrected chi connectivity index (χ0v) is 16.7. The van der Waals surface area contributed by atoms with Crippen LogP contribution in [0.3, 0.4) is 0 Å². The Bertz CT molecular complexity index is 769. The van der Waals surface area contributed by atoms with E-state index in [-0.39, 0.29) is 18.4 Å². The molecule has 0 bridgehead atoms. The van der Waals surface area contributed by atoms with Gasteiger partial charge >= 0.3 is 20.7 Å². The molecule has 6 nitrogen and oxygen atoms in total. The predicted molar refractivity (Wildman–Crippen MR) is 106 cm³/mol. The van der Waals surface area contributed by atoms with Crippen molar-refractivity contribution in [2.45, 2.75) is 38.2 Å². The minimum Gasteiger partial charge on any atom is -0.445 e. The van der Waals surface area contributed by atoms with Crippen LogP contribution >= 0.6 is 8.69 Å². The van der Waals surface area contributed by atoms with Crippen LogP contribution in [-0.4, -0.2) is 18.6 Å². The van der Waals surface area contributed by atoms with Crippen molar-refractivity contribution in [1.82, 2.24) is 5.32 Å². The first-order chi connectivity index (χ1) is 13.5. The monoisotopic (exact) mass is 401 g/mol. The molecule has 0 aliphatic carbocycles. The van der Waals surface area contributed by atoms with Crippen molar-refractivity contribution in [3.05, 3.63) is 71.8 Å². The van der Waals surface area contributed by atoms with E-state index < -0.39 is 20.7 Å². The van der Waals surface area contributed by atoms with Gasteiger partial charge in [-0.2, -0.15) is 0 Å². The van der Waals surface area contributed by atoms with Gasteiger partial charge in [-0.05, 0) is 29.4 Å². The summed E-state index contributed by atoms with van der Waals surface area (Å²) >= 11 is 0. The number of alkyl carbamates (subject to hydrolysis) is 1. The van der Waals surface area contributed by atoms with E-state index in [2.05, 4.69) is 9.84 Å². The lowest BCUT2D eigenvalue weighted by atomic mass is 9.76. The van der Waals surface area contributed by atoms with E-state index >= 15 is 0 Å². The summed E-state index contributed by atoms with van der Waals surface area (Å²) in [6.07, 6.45) is 0.772. The van der Waals surface area contributed by atoms with Crippen molar-refractivity contribution in [1.29, 1.82) is 0 Å². The molecule has 1 amide bonds. The van der Waals surface area contributed by atoms with Crippen LogP contribution in [0.5, 0.6) is 0 Å². The molecule has 1 N–H and O–H groups in total. The van der Waals surface area contributed by atoms with Crippen molar-refractivity contribution < 1.29 is 23.4 Å². The van der Waals surface area contributed by atoms with Crippen LogP contribution in [-0.2, 0) is 30.6 Å². The molecule has 1 atom stereocenters. The summed E-state index contributed by atoms with van der Waals surface area (Å²) in [5, 5.41) is 2.76. The molecular formula is C21H24NO5P. The van der Waals surface area contributed by atoms with Gasteiger partial charge in [0.2, 0.25) is 0 Å². The van der Waals surface area contributed by atoms with Crippen LogP contribution < -0.4 is 5.32 Å². The maximum Gasteiger partial charge on any atom is 0.407 e. The third-order valence-corrected chi connectivity index (χ3v) is 4.93. The topological polar surface area (TPSA) is 81.7 Å². The highest BCUT2D eigenvalue weighted by molar-refractivity contribution is 7.18. The summed E-state index contributed by atoms with van der Waals surface area (Å²) in [6, 6.07) is 19.2. The lowest BCUT2D eigenvalue weighted by Crippen LogP contribution is -2.32. The SMILES string of the molecule is CC(CCNC(=O)OCc1ccccc1)(CCC(=O)OP=O)c1ccccc1. The van der Waals surface area contributed by atoms with Crippen molar-refractivity contribution in [2.75, 3.05) is 6.54 Å². The van der Waals surface area contributed by atoms with Crippen LogP contribution in [0.4, 0.5) is 4.79 Å². The van der Waals surface area contributed by atoms with Crippen LogP contribution in [0.1, 0.15) is 37.3 Å². The second kappa shape index (κ2) is 11.2. The highest BCUT2D eigenvalue weighted by Crippen LogP contribution is 2.32. The van der Waals surface area contributed by atoms with Gasteiger partial charge in [-0.3, -0.25) is 4.79 Å². The Hall–Kier alpha value is -2.72. The van der Waals surface area contributed by atoms with Gasteiger partial charge in [0, 0.05) is 13.0 Å². The molecule has 2 rings (SSSR count). The lowest BCUT2D eigenvalue weighted by molar-refractivity contribution is -0.134. The van der Waals surface area contributed by atoms with E-state index in [1.54, 1.807) is 0 Å². The molecule has 0 spiro atoms. The van der Waals surface area contributed by atoms with Gasteiger partial charge in [0.15, 0.2) is 0 Å². The minimum atomic E-state index is -0.641. The standard InChI is InChI=1S/C21H24NO5P/c1-21(13-12-19(23)27-28-25,18-10-6-3-7-11-18)14-15-22-20(24)26-16-17-8-4-2-5-9-17/h2-11H,12-16H2,1H3,(H,22,24). The Morgan fingerprint density at radius 1 is 1.00 bits per heavy atom. The number of hydrogen-bond donors (Lipinski definition) is 1. The maximum atomic E-state index is 11.9. The summed E-state index contributed by atoms with van der Waals surface area (Å²) in [5.41, 5.74) is 1.62.